The zero-order chi connectivity index (χ0) is 22.1. The standard InChI is InChI=1S/C23H29N3O4/c1-5-16(4)19-8-6-7-9-20(19)30-14-21(27)25-26-23(29)17-10-12-18(13-11-17)24-22(28)15(2)3/h6-13,15-16H,5,14H2,1-4H3,(H,24,28)(H,25,27)(H,26,29)/t16-/m0/s1. The lowest BCUT2D eigenvalue weighted by Crippen LogP contribution is -2.43. The van der Waals surface area contributed by atoms with Crippen LogP contribution in [0.5, 0.6) is 5.75 Å². The summed E-state index contributed by atoms with van der Waals surface area (Å²) in [6, 6.07) is 14.0. The number of para-hydroxylation sites is 1. The van der Waals surface area contributed by atoms with E-state index in [9.17, 15) is 14.4 Å². The van der Waals surface area contributed by atoms with E-state index in [1.807, 2.05) is 24.3 Å². The number of amides is 3. The normalized spacial score (nSPS) is 11.5. The molecule has 1 atom stereocenters. The fourth-order valence-corrected chi connectivity index (χ4v) is 2.61. The molecule has 0 heterocycles. The van der Waals surface area contributed by atoms with Gasteiger partial charge >= 0.3 is 0 Å². The smallest absolute Gasteiger partial charge is 0.276 e. The minimum Gasteiger partial charge on any atom is -0.483 e. The van der Waals surface area contributed by atoms with Gasteiger partial charge in [-0.05, 0) is 48.2 Å². The molecule has 0 aromatic heterocycles. The number of nitrogens with one attached hydrogen (secondary N) is 3. The topological polar surface area (TPSA) is 96.5 Å². The number of carbonyl (C=O) groups is 3. The van der Waals surface area contributed by atoms with Crippen molar-refractivity contribution in [3.8, 4) is 5.75 Å². The Balaban J connectivity index is 1.84. The van der Waals surface area contributed by atoms with E-state index < -0.39 is 11.8 Å². The molecule has 0 fully saturated rings. The summed E-state index contributed by atoms with van der Waals surface area (Å²) in [7, 11) is 0. The summed E-state index contributed by atoms with van der Waals surface area (Å²) in [6.45, 7) is 7.57. The maximum Gasteiger partial charge on any atom is 0.276 e. The first-order valence-electron chi connectivity index (χ1n) is 10.0. The molecule has 3 amide bonds. The van der Waals surface area contributed by atoms with Crippen LogP contribution < -0.4 is 20.9 Å². The van der Waals surface area contributed by atoms with Crippen LogP contribution in [0.4, 0.5) is 5.69 Å². The molecule has 2 rings (SSSR count). The van der Waals surface area contributed by atoms with E-state index in [1.54, 1.807) is 38.1 Å². The van der Waals surface area contributed by atoms with Crippen LogP contribution in [0.3, 0.4) is 0 Å². The number of hydrazine groups is 1. The van der Waals surface area contributed by atoms with Gasteiger partial charge in [0.1, 0.15) is 5.75 Å². The number of hydrogen-bond donors (Lipinski definition) is 3. The Labute approximate surface area is 177 Å². The number of rotatable bonds is 8. The van der Waals surface area contributed by atoms with Crippen LogP contribution in [-0.4, -0.2) is 24.3 Å². The Morgan fingerprint density at radius 1 is 0.933 bits per heavy atom. The van der Waals surface area contributed by atoms with E-state index >= 15 is 0 Å². The maximum atomic E-state index is 12.2. The molecule has 160 valence electrons. The van der Waals surface area contributed by atoms with Gasteiger partial charge in [0.2, 0.25) is 5.91 Å². The molecule has 30 heavy (non-hydrogen) atoms. The van der Waals surface area contributed by atoms with Crippen molar-refractivity contribution in [2.45, 2.75) is 40.0 Å². The minimum atomic E-state index is -0.469. The van der Waals surface area contributed by atoms with Crippen LogP contribution in [0.2, 0.25) is 0 Å². The first-order chi connectivity index (χ1) is 14.3. The number of hydrogen-bond acceptors (Lipinski definition) is 4. The molecule has 0 unspecified atom stereocenters. The lowest BCUT2D eigenvalue weighted by molar-refractivity contribution is -0.124. The Bertz CT molecular complexity index is 878. The van der Waals surface area contributed by atoms with Gasteiger partial charge in [-0.3, -0.25) is 25.2 Å². The van der Waals surface area contributed by atoms with Crippen molar-refractivity contribution in [1.29, 1.82) is 0 Å². The van der Waals surface area contributed by atoms with Crippen LogP contribution in [-0.2, 0) is 9.59 Å². The third kappa shape index (κ3) is 6.62. The van der Waals surface area contributed by atoms with Crippen molar-refractivity contribution < 1.29 is 19.1 Å². The number of carbonyl (C=O) groups excluding carboxylic acids is 3. The maximum absolute atomic E-state index is 12.2. The van der Waals surface area contributed by atoms with Crippen molar-refractivity contribution in [1.82, 2.24) is 10.9 Å². The third-order valence-electron chi connectivity index (χ3n) is 4.68. The highest BCUT2D eigenvalue weighted by Gasteiger charge is 2.13. The van der Waals surface area contributed by atoms with Gasteiger partial charge in [0.05, 0.1) is 0 Å². The average Bonchev–Trinajstić information content (AvgIpc) is 2.76. The van der Waals surface area contributed by atoms with E-state index in [0.29, 0.717) is 22.9 Å². The second-order valence-electron chi connectivity index (χ2n) is 7.36. The van der Waals surface area contributed by atoms with E-state index in [4.69, 9.17) is 4.74 Å². The van der Waals surface area contributed by atoms with Crippen molar-refractivity contribution in [3.63, 3.8) is 0 Å². The van der Waals surface area contributed by atoms with Gasteiger partial charge in [-0.25, -0.2) is 0 Å². The van der Waals surface area contributed by atoms with Gasteiger partial charge in [-0.2, -0.15) is 0 Å². The van der Waals surface area contributed by atoms with Gasteiger partial charge in [0.15, 0.2) is 6.61 Å². The quantitative estimate of drug-likeness (QED) is 0.578. The molecule has 0 aliphatic carbocycles. The lowest BCUT2D eigenvalue weighted by Gasteiger charge is -2.15. The van der Waals surface area contributed by atoms with Gasteiger partial charge < -0.3 is 10.1 Å². The highest BCUT2D eigenvalue weighted by atomic mass is 16.5. The molecule has 2 aromatic rings. The molecule has 0 spiro atoms. The predicted octanol–water partition coefficient (Wildman–Crippen LogP) is 3.63. The zero-order valence-corrected chi connectivity index (χ0v) is 17.8. The van der Waals surface area contributed by atoms with Gasteiger partial charge in [-0.15, -0.1) is 0 Å². The molecule has 7 nitrogen and oxygen atoms in total. The summed E-state index contributed by atoms with van der Waals surface area (Å²) in [6.07, 6.45) is 0.961. The summed E-state index contributed by atoms with van der Waals surface area (Å²) in [5, 5.41) is 2.75. The van der Waals surface area contributed by atoms with Crippen LogP contribution in [0.1, 0.15) is 56.0 Å². The summed E-state index contributed by atoms with van der Waals surface area (Å²) in [5.41, 5.74) is 6.69. The van der Waals surface area contributed by atoms with E-state index in [0.717, 1.165) is 12.0 Å². The molecule has 2 aromatic carbocycles. The molecule has 3 N–H and O–H groups in total. The zero-order valence-electron chi connectivity index (χ0n) is 17.8. The molecule has 0 saturated carbocycles. The van der Waals surface area contributed by atoms with E-state index in [2.05, 4.69) is 30.0 Å². The first-order valence-corrected chi connectivity index (χ1v) is 10.0. The van der Waals surface area contributed by atoms with Gasteiger partial charge in [0, 0.05) is 17.2 Å². The molecule has 0 radical (unpaired) electrons. The lowest BCUT2D eigenvalue weighted by atomic mass is 9.98. The second-order valence-corrected chi connectivity index (χ2v) is 7.36. The molecular weight excluding hydrogens is 382 g/mol. The number of anilines is 1. The van der Waals surface area contributed by atoms with Crippen molar-refractivity contribution >= 4 is 23.4 Å². The minimum absolute atomic E-state index is 0.102. The van der Waals surface area contributed by atoms with E-state index in [1.165, 1.54) is 0 Å². The summed E-state index contributed by atoms with van der Waals surface area (Å²) < 4.78 is 5.63. The second kappa shape index (κ2) is 11.0. The van der Waals surface area contributed by atoms with Crippen molar-refractivity contribution in [2.75, 3.05) is 11.9 Å². The fraction of sp³-hybridized carbons (Fsp3) is 0.348. The Morgan fingerprint density at radius 2 is 1.60 bits per heavy atom. The molecule has 7 heteroatoms. The summed E-state index contributed by atoms with van der Waals surface area (Å²) >= 11 is 0. The monoisotopic (exact) mass is 411 g/mol. The fourth-order valence-electron chi connectivity index (χ4n) is 2.61. The highest BCUT2D eigenvalue weighted by molar-refractivity contribution is 5.97. The van der Waals surface area contributed by atoms with Crippen LogP contribution in [0, 0.1) is 5.92 Å². The Kier molecular flexibility index (Phi) is 8.41. The van der Waals surface area contributed by atoms with Crippen LogP contribution >= 0.6 is 0 Å². The Hall–Kier alpha value is -3.35. The first kappa shape index (κ1) is 22.9. The number of ether oxygens (including phenoxy) is 1. The van der Waals surface area contributed by atoms with Crippen molar-refractivity contribution in [3.05, 3.63) is 59.7 Å². The SMILES string of the molecule is CC[C@H](C)c1ccccc1OCC(=O)NNC(=O)c1ccc(NC(=O)C(C)C)cc1. The molecule has 0 bridgehead atoms. The highest BCUT2D eigenvalue weighted by Crippen LogP contribution is 2.28. The van der Waals surface area contributed by atoms with Crippen LogP contribution in [0.25, 0.3) is 0 Å². The predicted molar refractivity (Wildman–Crippen MR) is 116 cm³/mol. The van der Waals surface area contributed by atoms with Gasteiger partial charge in [0.25, 0.3) is 11.8 Å². The van der Waals surface area contributed by atoms with Gasteiger partial charge in [-0.1, -0.05) is 45.9 Å². The van der Waals surface area contributed by atoms with Crippen LogP contribution in [0.15, 0.2) is 48.5 Å². The molecule has 0 aliphatic rings. The Morgan fingerprint density at radius 3 is 2.23 bits per heavy atom. The largest absolute Gasteiger partial charge is 0.483 e. The summed E-state index contributed by atoms with van der Waals surface area (Å²) in [5.74, 6) is -0.199. The van der Waals surface area contributed by atoms with Crippen molar-refractivity contribution in [2.24, 2.45) is 5.92 Å². The number of benzene rings is 2. The molecule has 0 aliphatic heterocycles. The molecular formula is C23H29N3O4. The molecule has 0 saturated heterocycles. The summed E-state index contributed by atoms with van der Waals surface area (Å²) in [4.78, 5) is 35.9. The van der Waals surface area contributed by atoms with E-state index in [-0.39, 0.29) is 18.4 Å². The third-order valence-corrected chi connectivity index (χ3v) is 4.68. The average molecular weight is 412 g/mol.